The van der Waals surface area contributed by atoms with Crippen molar-refractivity contribution < 1.29 is 28.2 Å². The molecule has 2 saturated heterocycles. The third kappa shape index (κ3) is 4.79. The van der Waals surface area contributed by atoms with E-state index in [0.29, 0.717) is 18.1 Å². The van der Waals surface area contributed by atoms with Crippen LogP contribution in [-0.2, 0) is 19.6 Å². The number of halogens is 1. The third-order valence-corrected chi connectivity index (χ3v) is 6.59. The molecule has 150 valence electrons. The normalized spacial score (nSPS) is 28.6. The zero-order valence-corrected chi connectivity index (χ0v) is 16.2. The monoisotopic (exact) mass is 418 g/mol. The van der Waals surface area contributed by atoms with E-state index in [0.717, 1.165) is 12.8 Å². The Morgan fingerprint density at radius 2 is 1.74 bits per heavy atom. The number of likely N-dealkylation sites (tertiary alicyclic amines) is 1. The fraction of sp³-hybridized carbons (Fsp3) is 0.588. The Morgan fingerprint density at radius 3 is 2.37 bits per heavy atom. The summed E-state index contributed by atoms with van der Waals surface area (Å²) in [4.78, 5) is 14.0. The number of hydrogen-bond donors (Lipinski definition) is 3. The van der Waals surface area contributed by atoms with Crippen LogP contribution in [0.25, 0.3) is 0 Å². The third-order valence-electron chi connectivity index (χ3n) is 4.89. The van der Waals surface area contributed by atoms with Crippen LogP contribution in [0.5, 0.6) is 0 Å². The van der Waals surface area contributed by atoms with Gasteiger partial charge in [0, 0.05) is 24.7 Å². The quantitative estimate of drug-likeness (QED) is 0.604. The van der Waals surface area contributed by atoms with E-state index in [9.17, 15) is 23.4 Å². The topological polar surface area (TPSA) is 116 Å². The van der Waals surface area contributed by atoms with E-state index in [1.54, 1.807) is 4.90 Å². The van der Waals surface area contributed by atoms with Crippen molar-refractivity contribution >= 4 is 27.5 Å². The van der Waals surface area contributed by atoms with Gasteiger partial charge in [-0.2, -0.15) is 0 Å². The minimum atomic E-state index is -3.82. The molecule has 2 fully saturated rings. The minimum Gasteiger partial charge on any atom is -0.388 e. The number of amides is 1. The second-order valence-corrected chi connectivity index (χ2v) is 9.00. The van der Waals surface area contributed by atoms with Gasteiger partial charge < -0.3 is 19.8 Å². The number of benzene rings is 1. The summed E-state index contributed by atoms with van der Waals surface area (Å²) < 4.78 is 32.5. The lowest BCUT2D eigenvalue weighted by atomic mass is 10.1. The second kappa shape index (κ2) is 8.42. The van der Waals surface area contributed by atoms with Gasteiger partial charge in [0.15, 0.2) is 0 Å². The molecule has 3 rings (SSSR count). The Bertz CT molecular complexity index is 766. The molecule has 0 spiro atoms. The first-order valence-corrected chi connectivity index (χ1v) is 10.7. The first kappa shape index (κ1) is 20.5. The van der Waals surface area contributed by atoms with Gasteiger partial charge in [-0.3, -0.25) is 4.79 Å². The number of carbonyl (C=O) groups is 1. The number of sulfonamides is 1. The van der Waals surface area contributed by atoms with Crippen molar-refractivity contribution in [3.63, 3.8) is 0 Å². The molecule has 0 aliphatic carbocycles. The van der Waals surface area contributed by atoms with Gasteiger partial charge in [-0.15, -0.1) is 0 Å². The van der Waals surface area contributed by atoms with Crippen LogP contribution in [0.2, 0.25) is 5.02 Å². The van der Waals surface area contributed by atoms with E-state index in [-0.39, 0.29) is 23.8 Å². The number of aliphatic hydroxyl groups is 2. The van der Waals surface area contributed by atoms with Crippen molar-refractivity contribution in [1.29, 1.82) is 0 Å². The summed E-state index contributed by atoms with van der Waals surface area (Å²) in [7, 11) is -3.82. The molecule has 0 unspecified atom stereocenters. The maximum absolute atomic E-state index is 12.3. The molecule has 1 amide bonds. The molecule has 1 aromatic rings. The highest BCUT2D eigenvalue weighted by Gasteiger charge is 2.44. The van der Waals surface area contributed by atoms with Crippen molar-refractivity contribution in [3.05, 3.63) is 29.3 Å². The molecule has 0 aromatic heterocycles. The molecular weight excluding hydrogens is 396 g/mol. The largest absolute Gasteiger partial charge is 0.388 e. The Hall–Kier alpha value is -1.23. The predicted molar refractivity (Wildman–Crippen MR) is 97.7 cm³/mol. The number of hydrogen-bond acceptors (Lipinski definition) is 6. The zero-order chi connectivity index (χ0) is 19.6. The molecule has 3 N–H and O–H groups in total. The predicted octanol–water partition coefficient (Wildman–Crippen LogP) is 0.120. The van der Waals surface area contributed by atoms with Gasteiger partial charge in [-0.25, -0.2) is 13.1 Å². The number of aliphatic hydroxyl groups excluding tert-OH is 2. The Kier molecular flexibility index (Phi) is 6.39. The van der Waals surface area contributed by atoms with Crippen molar-refractivity contribution in [3.8, 4) is 0 Å². The van der Waals surface area contributed by atoms with E-state index >= 15 is 0 Å². The first-order valence-electron chi connectivity index (χ1n) is 8.82. The highest BCUT2D eigenvalue weighted by Crippen LogP contribution is 2.25. The Morgan fingerprint density at radius 1 is 1.15 bits per heavy atom. The molecule has 0 bridgehead atoms. The fourth-order valence-corrected chi connectivity index (χ4v) is 4.49. The molecular formula is C17H23ClN2O6S. The summed E-state index contributed by atoms with van der Waals surface area (Å²) in [5.74, 6) is -0.133. The number of carbonyl (C=O) groups excluding carboxylic acids is 1. The smallest absolute Gasteiger partial charge is 0.240 e. The standard InChI is InChI=1S/C17H23ClN2O6S/c18-11-3-5-12(6-4-11)27(24,25)19-10-14-17(23)16(22)13(26-14)9-15(21)20-7-1-2-8-20/h3-6,13-14,16-17,19,22-23H,1-2,7-10H2/t13-,14-,16-,17+/m0/s1. The van der Waals surface area contributed by atoms with Gasteiger partial charge in [0.25, 0.3) is 0 Å². The molecule has 2 aliphatic heterocycles. The lowest BCUT2D eigenvalue weighted by Crippen LogP contribution is -2.40. The van der Waals surface area contributed by atoms with Crippen molar-refractivity contribution in [2.75, 3.05) is 19.6 Å². The van der Waals surface area contributed by atoms with Crippen LogP contribution in [0.4, 0.5) is 0 Å². The van der Waals surface area contributed by atoms with E-state index in [1.807, 2.05) is 0 Å². The minimum absolute atomic E-state index is 0.0284. The van der Waals surface area contributed by atoms with E-state index in [2.05, 4.69) is 4.72 Å². The van der Waals surface area contributed by atoms with Crippen LogP contribution in [0.1, 0.15) is 19.3 Å². The van der Waals surface area contributed by atoms with E-state index in [4.69, 9.17) is 16.3 Å². The molecule has 2 heterocycles. The van der Waals surface area contributed by atoms with Crippen molar-refractivity contribution in [2.45, 2.75) is 48.6 Å². The molecule has 1 aromatic carbocycles. The van der Waals surface area contributed by atoms with E-state index in [1.165, 1.54) is 24.3 Å². The molecule has 8 nitrogen and oxygen atoms in total. The summed E-state index contributed by atoms with van der Waals surface area (Å²) in [6, 6.07) is 5.65. The van der Waals surface area contributed by atoms with Crippen molar-refractivity contribution in [2.24, 2.45) is 0 Å². The number of ether oxygens (including phenoxy) is 1. The number of rotatable bonds is 6. The van der Waals surface area contributed by atoms with Crippen molar-refractivity contribution in [1.82, 2.24) is 9.62 Å². The van der Waals surface area contributed by atoms with Gasteiger partial charge >= 0.3 is 0 Å². The lowest BCUT2D eigenvalue weighted by Gasteiger charge is -2.19. The highest BCUT2D eigenvalue weighted by molar-refractivity contribution is 7.89. The Balaban J connectivity index is 1.57. The maximum Gasteiger partial charge on any atom is 0.240 e. The van der Waals surface area contributed by atoms with E-state index < -0.39 is 34.4 Å². The second-order valence-electron chi connectivity index (χ2n) is 6.79. The van der Waals surface area contributed by atoms with Gasteiger partial charge in [-0.1, -0.05) is 11.6 Å². The number of nitrogens with zero attached hydrogens (tertiary/aromatic N) is 1. The molecule has 2 aliphatic rings. The summed E-state index contributed by atoms with van der Waals surface area (Å²) >= 11 is 5.76. The summed E-state index contributed by atoms with van der Waals surface area (Å²) in [5, 5.41) is 20.7. The first-order chi connectivity index (χ1) is 12.8. The van der Waals surface area contributed by atoms with Crippen LogP contribution in [-0.4, -0.2) is 73.5 Å². The molecule has 10 heteroatoms. The molecule has 27 heavy (non-hydrogen) atoms. The lowest BCUT2D eigenvalue weighted by molar-refractivity contribution is -0.134. The van der Waals surface area contributed by atoms with Gasteiger partial charge in [0.05, 0.1) is 17.4 Å². The summed E-state index contributed by atoms with van der Waals surface area (Å²) in [6.07, 6.45) is -2.47. The molecule has 0 radical (unpaired) electrons. The molecule has 4 atom stereocenters. The number of nitrogens with one attached hydrogen (secondary N) is 1. The van der Waals surface area contributed by atoms with Crippen LogP contribution in [0.3, 0.4) is 0 Å². The fourth-order valence-electron chi connectivity index (χ4n) is 3.32. The highest BCUT2D eigenvalue weighted by atomic mass is 35.5. The van der Waals surface area contributed by atoms with Gasteiger partial charge in [0.1, 0.15) is 18.3 Å². The SMILES string of the molecule is O=C(C[C@@H]1O[C@@H](CNS(=O)(=O)c2ccc(Cl)cc2)[C@@H](O)[C@H]1O)N1CCCC1. The van der Waals surface area contributed by atoms with Crippen LogP contribution in [0.15, 0.2) is 29.2 Å². The van der Waals surface area contributed by atoms with Crippen LogP contribution in [0, 0.1) is 0 Å². The average Bonchev–Trinajstić information content (AvgIpc) is 3.25. The zero-order valence-electron chi connectivity index (χ0n) is 14.6. The van der Waals surface area contributed by atoms with Crippen LogP contribution < -0.4 is 4.72 Å². The Labute approximate surface area is 163 Å². The maximum atomic E-state index is 12.3. The average molecular weight is 419 g/mol. The summed E-state index contributed by atoms with van der Waals surface area (Å²) in [6.45, 7) is 1.15. The van der Waals surface area contributed by atoms with Crippen LogP contribution >= 0.6 is 11.6 Å². The van der Waals surface area contributed by atoms with Gasteiger partial charge in [0.2, 0.25) is 15.9 Å². The molecule has 0 saturated carbocycles. The van der Waals surface area contributed by atoms with Gasteiger partial charge in [-0.05, 0) is 37.1 Å². The summed E-state index contributed by atoms with van der Waals surface area (Å²) in [5.41, 5.74) is 0.